The van der Waals surface area contributed by atoms with E-state index in [9.17, 15) is 4.79 Å². The second kappa shape index (κ2) is 5.51. The number of halogens is 1. The molecule has 5 nitrogen and oxygen atoms in total. The maximum Gasteiger partial charge on any atom is 0.258 e. The molecular weight excluding hydrogens is 264 g/mol. The van der Waals surface area contributed by atoms with Gasteiger partial charge in [-0.25, -0.2) is 0 Å². The van der Waals surface area contributed by atoms with Crippen LogP contribution in [0.3, 0.4) is 0 Å². The number of carbonyl (C=O) groups excluding carboxylic acids is 1. The third-order valence-corrected chi connectivity index (χ3v) is 4.03. The van der Waals surface area contributed by atoms with Gasteiger partial charge >= 0.3 is 0 Å². The van der Waals surface area contributed by atoms with E-state index in [-0.39, 0.29) is 17.9 Å². The van der Waals surface area contributed by atoms with Crippen LogP contribution in [-0.2, 0) is 7.05 Å². The Labute approximate surface area is 118 Å². The molecule has 0 aromatic carbocycles. The van der Waals surface area contributed by atoms with Crippen molar-refractivity contribution in [2.75, 3.05) is 13.1 Å². The number of aryl methyl sites for hydroxylation is 1. The Balaban J connectivity index is 2.28. The van der Waals surface area contributed by atoms with Crippen LogP contribution in [-0.4, -0.2) is 39.7 Å². The molecule has 6 heteroatoms. The summed E-state index contributed by atoms with van der Waals surface area (Å²) in [4.78, 5) is 14.4. The number of carbonyl (C=O) groups is 1. The van der Waals surface area contributed by atoms with E-state index in [0.29, 0.717) is 23.8 Å². The van der Waals surface area contributed by atoms with Crippen LogP contribution in [0.25, 0.3) is 0 Å². The lowest BCUT2D eigenvalue weighted by molar-refractivity contribution is 0.0713. The van der Waals surface area contributed by atoms with Crippen molar-refractivity contribution in [2.24, 2.45) is 12.8 Å². The zero-order valence-electron chi connectivity index (χ0n) is 11.7. The summed E-state index contributed by atoms with van der Waals surface area (Å²) in [5, 5.41) is 4.77. The van der Waals surface area contributed by atoms with Crippen molar-refractivity contribution in [1.29, 1.82) is 0 Å². The number of nitrogens with zero attached hydrogens (tertiary/aromatic N) is 3. The molecular formula is C13H21ClN4O. The van der Waals surface area contributed by atoms with E-state index < -0.39 is 0 Å². The second-order valence-electron chi connectivity index (χ2n) is 5.46. The number of likely N-dealkylation sites (tertiary alicyclic amines) is 1. The van der Waals surface area contributed by atoms with Gasteiger partial charge in [0, 0.05) is 26.2 Å². The van der Waals surface area contributed by atoms with E-state index in [1.54, 1.807) is 11.7 Å². The lowest BCUT2D eigenvalue weighted by atomic mass is 10.0. The number of amides is 1. The van der Waals surface area contributed by atoms with Gasteiger partial charge in [-0.15, -0.1) is 0 Å². The molecule has 2 heterocycles. The minimum Gasteiger partial charge on any atom is -0.338 e. The summed E-state index contributed by atoms with van der Waals surface area (Å²) in [5.74, 6) is 0.151. The van der Waals surface area contributed by atoms with E-state index >= 15 is 0 Å². The second-order valence-corrected chi connectivity index (χ2v) is 5.82. The molecule has 2 N–H and O–H groups in total. The summed E-state index contributed by atoms with van der Waals surface area (Å²) < 4.78 is 1.57. The third-order valence-electron chi connectivity index (χ3n) is 3.59. The summed E-state index contributed by atoms with van der Waals surface area (Å²) in [6, 6.07) is 0.206. The van der Waals surface area contributed by atoms with Crippen LogP contribution < -0.4 is 5.73 Å². The van der Waals surface area contributed by atoms with Crippen molar-refractivity contribution < 1.29 is 4.79 Å². The van der Waals surface area contributed by atoms with Gasteiger partial charge in [-0.2, -0.15) is 5.10 Å². The first-order valence-corrected chi connectivity index (χ1v) is 7.06. The average Bonchev–Trinajstić information content (AvgIpc) is 2.66. The van der Waals surface area contributed by atoms with E-state index in [1.165, 1.54) is 0 Å². The standard InChI is InChI=1S/C13H21ClN4O/c1-8(2)11-10(12(14)17(3)16-11)13(19)18-6-4-9(15)5-7-18/h8-9H,4-7,15H2,1-3H3. The topological polar surface area (TPSA) is 64.2 Å². The molecule has 19 heavy (non-hydrogen) atoms. The zero-order chi connectivity index (χ0) is 14.2. The lowest BCUT2D eigenvalue weighted by Crippen LogP contribution is -2.43. The normalized spacial score (nSPS) is 17.3. The van der Waals surface area contributed by atoms with Gasteiger partial charge in [-0.3, -0.25) is 9.48 Å². The molecule has 0 spiro atoms. The maximum atomic E-state index is 12.6. The molecule has 0 bridgehead atoms. The van der Waals surface area contributed by atoms with Crippen molar-refractivity contribution in [3.8, 4) is 0 Å². The molecule has 106 valence electrons. The van der Waals surface area contributed by atoms with Gasteiger partial charge < -0.3 is 10.6 Å². The number of aromatic nitrogens is 2. The first-order valence-electron chi connectivity index (χ1n) is 6.69. The Hall–Kier alpha value is -1.07. The number of piperidine rings is 1. The van der Waals surface area contributed by atoms with Crippen molar-refractivity contribution >= 4 is 17.5 Å². The van der Waals surface area contributed by atoms with Gasteiger partial charge in [0.2, 0.25) is 0 Å². The van der Waals surface area contributed by atoms with Crippen LogP contribution in [0, 0.1) is 0 Å². The predicted molar refractivity (Wildman–Crippen MR) is 75.4 cm³/mol. The molecule has 0 atom stereocenters. The van der Waals surface area contributed by atoms with Crippen LogP contribution in [0.1, 0.15) is 48.7 Å². The first kappa shape index (κ1) is 14.3. The first-order chi connectivity index (χ1) is 8.91. The van der Waals surface area contributed by atoms with Crippen molar-refractivity contribution in [3.63, 3.8) is 0 Å². The average molecular weight is 285 g/mol. The minimum atomic E-state index is -0.0197. The number of hydrogen-bond acceptors (Lipinski definition) is 3. The number of hydrogen-bond donors (Lipinski definition) is 1. The van der Waals surface area contributed by atoms with Crippen molar-refractivity contribution in [2.45, 2.75) is 38.6 Å². The molecule has 1 aliphatic heterocycles. The zero-order valence-corrected chi connectivity index (χ0v) is 12.4. The van der Waals surface area contributed by atoms with E-state index in [2.05, 4.69) is 5.10 Å². The Morgan fingerprint density at radius 1 is 1.42 bits per heavy atom. The SMILES string of the molecule is CC(C)c1nn(C)c(Cl)c1C(=O)N1CCC(N)CC1. The van der Waals surface area contributed by atoms with Crippen LogP contribution in [0.5, 0.6) is 0 Å². The van der Waals surface area contributed by atoms with Gasteiger partial charge in [-0.05, 0) is 18.8 Å². The fourth-order valence-corrected chi connectivity index (χ4v) is 2.60. The number of nitrogens with two attached hydrogens (primary N) is 1. The molecule has 1 aliphatic rings. The molecule has 1 amide bonds. The van der Waals surface area contributed by atoms with E-state index in [1.807, 2.05) is 18.7 Å². The van der Waals surface area contributed by atoms with Gasteiger partial charge in [0.05, 0.1) is 11.3 Å². The maximum absolute atomic E-state index is 12.6. The number of rotatable bonds is 2. The highest BCUT2D eigenvalue weighted by atomic mass is 35.5. The quantitative estimate of drug-likeness (QED) is 0.900. The van der Waals surface area contributed by atoms with Crippen molar-refractivity contribution in [1.82, 2.24) is 14.7 Å². The fraction of sp³-hybridized carbons (Fsp3) is 0.692. The lowest BCUT2D eigenvalue weighted by Gasteiger charge is -2.30. The largest absolute Gasteiger partial charge is 0.338 e. The predicted octanol–water partition coefficient (Wildman–Crippen LogP) is 1.76. The molecule has 1 fully saturated rings. The molecule has 2 rings (SSSR count). The molecule has 0 aliphatic carbocycles. The Bertz CT molecular complexity index is 475. The highest BCUT2D eigenvalue weighted by Gasteiger charge is 2.29. The Kier molecular flexibility index (Phi) is 4.16. The molecule has 0 unspecified atom stereocenters. The van der Waals surface area contributed by atoms with Crippen LogP contribution in [0.15, 0.2) is 0 Å². The van der Waals surface area contributed by atoms with E-state index in [4.69, 9.17) is 17.3 Å². The summed E-state index contributed by atoms with van der Waals surface area (Å²) in [5.41, 5.74) is 7.19. The summed E-state index contributed by atoms with van der Waals surface area (Å²) in [6.07, 6.45) is 1.70. The van der Waals surface area contributed by atoms with Gasteiger partial charge in [0.1, 0.15) is 5.15 Å². The summed E-state index contributed by atoms with van der Waals surface area (Å²) >= 11 is 6.23. The Morgan fingerprint density at radius 2 is 2.00 bits per heavy atom. The summed E-state index contributed by atoms with van der Waals surface area (Å²) in [7, 11) is 1.76. The monoisotopic (exact) mass is 284 g/mol. The van der Waals surface area contributed by atoms with Crippen LogP contribution in [0.4, 0.5) is 0 Å². The van der Waals surface area contributed by atoms with E-state index in [0.717, 1.165) is 18.5 Å². The van der Waals surface area contributed by atoms with Gasteiger partial charge in [-0.1, -0.05) is 25.4 Å². The molecule has 1 aromatic heterocycles. The molecule has 1 aromatic rings. The van der Waals surface area contributed by atoms with Crippen LogP contribution in [0.2, 0.25) is 5.15 Å². The summed E-state index contributed by atoms with van der Waals surface area (Å²) in [6.45, 7) is 5.43. The molecule has 0 saturated carbocycles. The van der Waals surface area contributed by atoms with Gasteiger partial charge in [0.25, 0.3) is 5.91 Å². The Morgan fingerprint density at radius 3 is 2.53 bits per heavy atom. The van der Waals surface area contributed by atoms with Crippen molar-refractivity contribution in [3.05, 3.63) is 16.4 Å². The van der Waals surface area contributed by atoms with Gasteiger partial charge in [0.15, 0.2) is 0 Å². The fourth-order valence-electron chi connectivity index (χ4n) is 2.39. The molecule has 1 saturated heterocycles. The third kappa shape index (κ3) is 2.77. The highest BCUT2D eigenvalue weighted by Crippen LogP contribution is 2.27. The molecule has 0 radical (unpaired) electrons. The highest BCUT2D eigenvalue weighted by molar-refractivity contribution is 6.33. The smallest absolute Gasteiger partial charge is 0.258 e. The van der Waals surface area contributed by atoms with Crippen LogP contribution >= 0.6 is 11.6 Å². The minimum absolute atomic E-state index is 0.0197.